The first-order chi connectivity index (χ1) is 19.6. The van der Waals surface area contributed by atoms with Crippen molar-refractivity contribution in [2.45, 2.75) is 71.1 Å². The normalized spacial score (nSPS) is 11.5. The number of alkyl halides is 3. The van der Waals surface area contributed by atoms with Crippen LogP contribution in [0.3, 0.4) is 0 Å². The maximum Gasteiger partial charge on any atom is 0.416 e. The molecule has 0 heterocycles. The first-order valence-electron chi connectivity index (χ1n) is 13.9. The Morgan fingerprint density at radius 3 is 1.88 bits per heavy atom. The zero-order chi connectivity index (χ0) is 29.7. The molecule has 220 valence electrons. The Bertz CT molecular complexity index is 1230. The highest BCUT2D eigenvalue weighted by Crippen LogP contribution is 2.29. The second-order valence-electron chi connectivity index (χ2n) is 10.0. The van der Waals surface area contributed by atoms with Gasteiger partial charge in [0.05, 0.1) is 5.56 Å². The van der Waals surface area contributed by atoms with Gasteiger partial charge in [-0.05, 0) is 65.9 Å². The van der Waals surface area contributed by atoms with Gasteiger partial charge in [-0.15, -0.1) is 0 Å². The van der Waals surface area contributed by atoms with Gasteiger partial charge in [0.25, 0.3) is 5.91 Å². The van der Waals surface area contributed by atoms with Crippen LogP contribution in [0, 0.1) is 0 Å². The number of rotatable bonds is 16. The van der Waals surface area contributed by atoms with Gasteiger partial charge < -0.3 is 10.4 Å². The van der Waals surface area contributed by atoms with E-state index < -0.39 is 24.3 Å². The van der Waals surface area contributed by atoms with Gasteiger partial charge in [-0.2, -0.15) is 18.2 Å². The number of carbonyl (C=O) groups excluding carboxylic acids is 1. The SMILES string of the molecule is CCCCCCCCc1ccc(C(=O)Nc2ccc(CN(Cc3ccc(C(F)(F)F)cc3)OCC(=O)O)cc2)cc1. The predicted octanol–water partition coefficient (Wildman–Crippen LogP) is 7.88. The number of hydrogen-bond acceptors (Lipinski definition) is 4. The smallest absolute Gasteiger partial charge is 0.416 e. The highest BCUT2D eigenvalue weighted by atomic mass is 19.4. The summed E-state index contributed by atoms with van der Waals surface area (Å²) in [5.41, 5.74) is 2.90. The van der Waals surface area contributed by atoms with E-state index in [0.717, 1.165) is 30.5 Å². The number of amides is 1. The summed E-state index contributed by atoms with van der Waals surface area (Å²) < 4.78 is 38.6. The zero-order valence-electron chi connectivity index (χ0n) is 23.3. The van der Waals surface area contributed by atoms with E-state index in [2.05, 4.69) is 12.2 Å². The lowest BCUT2D eigenvalue weighted by Crippen LogP contribution is -2.26. The van der Waals surface area contributed by atoms with Gasteiger partial charge in [-0.3, -0.25) is 9.63 Å². The van der Waals surface area contributed by atoms with Crippen LogP contribution in [0.15, 0.2) is 72.8 Å². The Morgan fingerprint density at radius 1 is 0.780 bits per heavy atom. The number of halogens is 3. The van der Waals surface area contributed by atoms with E-state index in [1.54, 1.807) is 24.3 Å². The lowest BCUT2D eigenvalue weighted by molar-refractivity contribution is -0.190. The summed E-state index contributed by atoms with van der Waals surface area (Å²) in [5.74, 6) is -1.39. The van der Waals surface area contributed by atoms with E-state index in [0.29, 0.717) is 16.8 Å². The van der Waals surface area contributed by atoms with Crippen LogP contribution in [-0.4, -0.2) is 28.7 Å². The minimum absolute atomic E-state index is 0.0821. The van der Waals surface area contributed by atoms with Crippen LogP contribution in [0.2, 0.25) is 0 Å². The molecule has 0 radical (unpaired) electrons. The Morgan fingerprint density at radius 2 is 1.32 bits per heavy atom. The third-order valence-corrected chi connectivity index (χ3v) is 6.62. The van der Waals surface area contributed by atoms with Crippen molar-refractivity contribution in [2.24, 2.45) is 0 Å². The summed E-state index contributed by atoms with van der Waals surface area (Å²) in [5, 5.41) is 13.3. The third kappa shape index (κ3) is 11.4. The molecule has 2 N–H and O–H groups in total. The molecule has 41 heavy (non-hydrogen) atoms. The van der Waals surface area contributed by atoms with Crippen molar-refractivity contribution in [1.29, 1.82) is 0 Å². The number of carboxylic acid groups (broad SMARTS) is 1. The van der Waals surface area contributed by atoms with Crippen LogP contribution in [-0.2, 0) is 35.3 Å². The number of benzene rings is 3. The van der Waals surface area contributed by atoms with Crippen LogP contribution in [0.1, 0.15) is 78.1 Å². The molecule has 3 aromatic rings. The van der Waals surface area contributed by atoms with Gasteiger partial charge >= 0.3 is 12.1 Å². The molecule has 0 aliphatic heterocycles. The van der Waals surface area contributed by atoms with Crippen molar-refractivity contribution in [3.05, 3.63) is 101 Å². The molecule has 0 unspecified atom stereocenters. The number of nitrogens with one attached hydrogen (secondary N) is 1. The maximum absolute atomic E-state index is 12.9. The lowest BCUT2D eigenvalue weighted by Gasteiger charge is -2.21. The number of carbonyl (C=O) groups is 2. The molecule has 0 spiro atoms. The van der Waals surface area contributed by atoms with Crippen molar-refractivity contribution < 1.29 is 32.7 Å². The number of hydroxylamine groups is 2. The molecule has 0 aromatic heterocycles. The topological polar surface area (TPSA) is 78.9 Å². The average Bonchev–Trinajstić information content (AvgIpc) is 2.94. The Hall–Kier alpha value is -3.69. The predicted molar refractivity (Wildman–Crippen MR) is 152 cm³/mol. The standard InChI is InChI=1S/C32H37F3N2O4/c1-2-3-4-5-6-7-8-24-9-15-27(16-10-24)31(40)36-29-19-13-26(14-20-29)22-37(41-23-30(38)39)21-25-11-17-28(18-12-25)32(33,34)35/h9-20H,2-8,21-23H2,1H3,(H,36,40)(H,38,39). The third-order valence-electron chi connectivity index (χ3n) is 6.62. The molecule has 3 rings (SSSR count). The Kier molecular flexibility index (Phi) is 12.4. The Balaban J connectivity index is 1.53. The number of anilines is 1. The number of carboxylic acids is 1. The molecular formula is C32H37F3N2O4. The highest BCUT2D eigenvalue weighted by molar-refractivity contribution is 6.04. The van der Waals surface area contributed by atoms with Gasteiger partial charge in [0, 0.05) is 24.3 Å². The van der Waals surface area contributed by atoms with E-state index in [4.69, 9.17) is 9.94 Å². The molecule has 0 atom stereocenters. The quantitative estimate of drug-likeness (QED) is 0.135. The summed E-state index contributed by atoms with van der Waals surface area (Å²) in [6.45, 7) is 1.88. The van der Waals surface area contributed by atoms with Crippen LogP contribution in [0.25, 0.3) is 0 Å². The first kappa shape index (κ1) is 31.8. The lowest BCUT2D eigenvalue weighted by atomic mass is 10.0. The van der Waals surface area contributed by atoms with Crippen molar-refractivity contribution >= 4 is 17.6 Å². The molecular weight excluding hydrogens is 533 g/mol. The number of unbranched alkanes of at least 4 members (excludes halogenated alkanes) is 5. The van der Waals surface area contributed by atoms with Gasteiger partial charge in [0.2, 0.25) is 0 Å². The fraction of sp³-hybridized carbons (Fsp3) is 0.375. The zero-order valence-corrected chi connectivity index (χ0v) is 23.3. The number of aliphatic carboxylic acids is 1. The van der Waals surface area contributed by atoms with Gasteiger partial charge in [-0.1, -0.05) is 75.4 Å². The van der Waals surface area contributed by atoms with Gasteiger partial charge in [-0.25, -0.2) is 4.79 Å². The molecule has 9 heteroatoms. The fourth-order valence-electron chi connectivity index (χ4n) is 4.33. The number of aryl methyl sites for hydroxylation is 1. The van der Waals surface area contributed by atoms with E-state index in [-0.39, 0.29) is 19.0 Å². The summed E-state index contributed by atoms with van der Waals surface area (Å²) in [6.07, 6.45) is 4.01. The molecule has 0 saturated carbocycles. The largest absolute Gasteiger partial charge is 0.479 e. The summed E-state index contributed by atoms with van der Waals surface area (Å²) in [7, 11) is 0. The van der Waals surface area contributed by atoms with Crippen LogP contribution >= 0.6 is 0 Å². The molecule has 0 fully saturated rings. The highest BCUT2D eigenvalue weighted by Gasteiger charge is 2.30. The van der Waals surface area contributed by atoms with E-state index in [1.165, 1.54) is 54.9 Å². The number of nitrogens with zero attached hydrogens (tertiary/aromatic N) is 1. The molecule has 1 amide bonds. The van der Waals surface area contributed by atoms with Crippen molar-refractivity contribution in [3.63, 3.8) is 0 Å². The fourth-order valence-corrected chi connectivity index (χ4v) is 4.33. The van der Waals surface area contributed by atoms with Gasteiger partial charge in [0.1, 0.15) is 0 Å². The van der Waals surface area contributed by atoms with Crippen molar-refractivity contribution in [3.8, 4) is 0 Å². The first-order valence-corrected chi connectivity index (χ1v) is 13.9. The van der Waals surface area contributed by atoms with E-state index >= 15 is 0 Å². The van der Waals surface area contributed by atoms with E-state index in [9.17, 15) is 22.8 Å². The summed E-state index contributed by atoms with van der Waals surface area (Å²) in [4.78, 5) is 29.1. The molecule has 0 saturated heterocycles. The molecule has 0 bridgehead atoms. The second kappa shape index (κ2) is 15.9. The minimum Gasteiger partial charge on any atom is -0.479 e. The molecule has 0 aliphatic carbocycles. The monoisotopic (exact) mass is 570 g/mol. The molecule has 0 aliphatic rings. The Labute approximate surface area is 239 Å². The van der Waals surface area contributed by atoms with Crippen LogP contribution in [0.4, 0.5) is 18.9 Å². The second-order valence-corrected chi connectivity index (χ2v) is 10.0. The van der Waals surface area contributed by atoms with Crippen LogP contribution in [0.5, 0.6) is 0 Å². The van der Waals surface area contributed by atoms with Crippen molar-refractivity contribution in [2.75, 3.05) is 11.9 Å². The molecule has 6 nitrogen and oxygen atoms in total. The van der Waals surface area contributed by atoms with E-state index in [1.807, 2.05) is 24.3 Å². The van der Waals surface area contributed by atoms with Gasteiger partial charge in [0.15, 0.2) is 6.61 Å². The maximum atomic E-state index is 12.9. The van der Waals surface area contributed by atoms with Crippen LogP contribution < -0.4 is 5.32 Å². The minimum atomic E-state index is -4.44. The molecule has 3 aromatic carbocycles. The summed E-state index contributed by atoms with van der Waals surface area (Å²) in [6, 6.07) is 19.3. The summed E-state index contributed by atoms with van der Waals surface area (Å²) >= 11 is 0. The number of hydrogen-bond donors (Lipinski definition) is 2. The van der Waals surface area contributed by atoms with Crippen molar-refractivity contribution in [1.82, 2.24) is 5.06 Å². The average molecular weight is 571 g/mol.